The fourth-order valence-corrected chi connectivity index (χ4v) is 5.18. The highest BCUT2D eigenvalue weighted by Gasteiger charge is 2.46. The fourth-order valence-electron chi connectivity index (χ4n) is 3.88. The van der Waals surface area contributed by atoms with E-state index in [2.05, 4.69) is 21.5 Å². The number of imide groups is 1. The van der Waals surface area contributed by atoms with Gasteiger partial charge >= 0.3 is 6.03 Å². The van der Waals surface area contributed by atoms with Crippen molar-refractivity contribution in [1.82, 2.24) is 20.1 Å². The zero-order chi connectivity index (χ0) is 21.0. The van der Waals surface area contributed by atoms with Crippen molar-refractivity contribution in [2.24, 2.45) is 7.05 Å². The maximum absolute atomic E-state index is 13.4. The summed E-state index contributed by atoms with van der Waals surface area (Å²) in [6, 6.07) is 6.91. The number of amides is 3. The number of carbonyl (C=O) groups excluding carboxylic acids is 2. The Morgan fingerprint density at radius 2 is 2.07 bits per heavy atom. The molecule has 2 atom stereocenters. The molecule has 1 fully saturated rings. The van der Waals surface area contributed by atoms with Gasteiger partial charge in [-0.25, -0.2) is 9.69 Å². The summed E-state index contributed by atoms with van der Waals surface area (Å²) in [5.74, 6) is -0.318. The van der Waals surface area contributed by atoms with Gasteiger partial charge in [-0.05, 0) is 24.6 Å². The molecule has 1 saturated heterocycles. The van der Waals surface area contributed by atoms with Crippen molar-refractivity contribution in [2.75, 3.05) is 4.90 Å². The van der Waals surface area contributed by atoms with Crippen LogP contribution in [0.5, 0.6) is 0 Å². The number of nitriles is 1. The molecule has 8 nitrogen and oxygen atoms in total. The minimum absolute atomic E-state index is 0.318. The smallest absolute Gasteiger partial charge is 0.329 e. The number of anilines is 1. The number of nitrogens with zero attached hydrogens (tertiary/aromatic N) is 5. The molecule has 3 amide bonds. The van der Waals surface area contributed by atoms with Crippen molar-refractivity contribution in [2.45, 2.75) is 18.2 Å². The van der Waals surface area contributed by atoms with Gasteiger partial charge in [0, 0.05) is 29.1 Å². The number of urea groups is 1. The molecule has 0 bridgehead atoms. The number of benzene rings is 1. The number of aryl methyl sites for hydroxylation is 2. The molecule has 30 heavy (non-hydrogen) atoms. The molecule has 0 aliphatic carbocycles. The summed E-state index contributed by atoms with van der Waals surface area (Å²) in [7, 11) is 1.76. The first-order valence-corrected chi connectivity index (χ1v) is 10.2. The number of hydrogen-bond donors (Lipinski definition) is 1. The van der Waals surface area contributed by atoms with Crippen LogP contribution in [0.25, 0.3) is 15.8 Å². The SMILES string of the molecule is Cc1ccc(C2=CC3NC(=O)N(c4cncc5cnn(C)c45)C(=O)C3S2)c(C#N)c1. The standard InChI is InChI=1S/C21H16N6O2S/c1-11-3-4-14(12(5-11)7-22)17-6-15-19(30-17)20(28)27(21(29)25-15)16-10-23-8-13-9-24-26(2)18(13)16/h3-6,8-10,15,19H,1-2H3,(H,25,29). The quantitative estimate of drug-likeness (QED) is 0.689. The Kier molecular flexibility index (Phi) is 4.11. The van der Waals surface area contributed by atoms with Crippen LogP contribution in [0.3, 0.4) is 0 Å². The summed E-state index contributed by atoms with van der Waals surface area (Å²) in [5.41, 5.74) is 3.37. The first-order chi connectivity index (χ1) is 14.5. The zero-order valence-corrected chi connectivity index (χ0v) is 17.0. The largest absolute Gasteiger partial charge is 0.329 e. The van der Waals surface area contributed by atoms with Gasteiger partial charge in [-0.1, -0.05) is 12.1 Å². The third-order valence-electron chi connectivity index (χ3n) is 5.29. The normalized spacial score (nSPS) is 20.7. The number of aromatic nitrogens is 3. The number of nitrogens with one attached hydrogen (secondary N) is 1. The molecular formula is C21H16N6O2S. The van der Waals surface area contributed by atoms with Gasteiger partial charge < -0.3 is 5.32 Å². The lowest BCUT2D eigenvalue weighted by Crippen LogP contribution is -2.60. The van der Waals surface area contributed by atoms with Gasteiger partial charge in [-0.2, -0.15) is 10.4 Å². The molecule has 2 aliphatic rings. The van der Waals surface area contributed by atoms with Gasteiger partial charge in [0.2, 0.25) is 0 Å². The number of carbonyl (C=O) groups is 2. The molecule has 5 rings (SSSR count). The second kappa shape index (κ2) is 6.71. The van der Waals surface area contributed by atoms with Gasteiger partial charge in [0.25, 0.3) is 5.91 Å². The number of fused-ring (bicyclic) bond motifs is 2. The predicted molar refractivity (Wildman–Crippen MR) is 114 cm³/mol. The van der Waals surface area contributed by atoms with E-state index in [4.69, 9.17) is 0 Å². The van der Waals surface area contributed by atoms with Gasteiger partial charge in [-0.15, -0.1) is 11.8 Å². The Morgan fingerprint density at radius 3 is 2.87 bits per heavy atom. The average Bonchev–Trinajstić information content (AvgIpc) is 3.32. The second-order valence-corrected chi connectivity index (χ2v) is 8.43. The topological polar surface area (TPSA) is 104 Å². The lowest BCUT2D eigenvalue weighted by molar-refractivity contribution is -0.118. The van der Waals surface area contributed by atoms with Crippen molar-refractivity contribution >= 4 is 45.2 Å². The van der Waals surface area contributed by atoms with E-state index in [-0.39, 0.29) is 5.91 Å². The number of thioether (sulfide) groups is 1. The lowest BCUT2D eigenvalue weighted by atomic mass is 10.0. The maximum atomic E-state index is 13.4. The molecule has 1 N–H and O–H groups in total. The highest BCUT2D eigenvalue weighted by molar-refractivity contribution is 8.09. The van der Waals surface area contributed by atoms with E-state index in [1.54, 1.807) is 24.1 Å². The summed E-state index contributed by atoms with van der Waals surface area (Å²) in [6.45, 7) is 1.93. The molecule has 1 aromatic carbocycles. The van der Waals surface area contributed by atoms with Crippen molar-refractivity contribution in [3.8, 4) is 6.07 Å². The summed E-state index contributed by atoms with van der Waals surface area (Å²) in [6.07, 6.45) is 6.65. The van der Waals surface area contributed by atoms with Crippen molar-refractivity contribution in [3.63, 3.8) is 0 Å². The van der Waals surface area contributed by atoms with Crippen LogP contribution in [0.4, 0.5) is 10.5 Å². The molecule has 2 aromatic heterocycles. The van der Waals surface area contributed by atoms with Crippen LogP contribution in [0.1, 0.15) is 16.7 Å². The van der Waals surface area contributed by atoms with Gasteiger partial charge in [-0.3, -0.25) is 14.5 Å². The van der Waals surface area contributed by atoms with Gasteiger partial charge in [0.1, 0.15) is 5.25 Å². The van der Waals surface area contributed by atoms with Crippen molar-refractivity contribution in [3.05, 3.63) is 59.6 Å². The van der Waals surface area contributed by atoms with Crippen LogP contribution in [0.15, 0.2) is 42.9 Å². The van der Waals surface area contributed by atoms with Gasteiger partial charge in [0.05, 0.1) is 41.3 Å². The average molecular weight is 416 g/mol. The summed E-state index contributed by atoms with van der Waals surface area (Å²) in [5, 5.41) is 16.8. The number of pyridine rings is 1. The Hall–Kier alpha value is -3.64. The molecule has 3 aromatic rings. The molecule has 9 heteroatoms. The van der Waals surface area contributed by atoms with Crippen molar-refractivity contribution in [1.29, 1.82) is 5.26 Å². The highest BCUT2D eigenvalue weighted by Crippen LogP contribution is 2.43. The van der Waals surface area contributed by atoms with E-state index in [9.17, 15) is 14.9 Å². The first-order valence-electron chi connectivity index (χ1n) is 9.27. The monoisotopic (exact) mass is 416 g/mol. The Balaban J connectivity index is 1.52. The fraction of sp³-hybridized carbons (Fsp3) is 0.190. The van der Waals surface area contributed by atoms with Crippen LogP contribution in [0.2, 0.25) is 0 Å². The molecule has 4 heterocycles. The minimum atomic E-state index is -0.519. The van der Waals surface area contributed by atoms with Crippen LogP contribution >= 0.6 is 11.8 Å². The second-order valence-electron chi connectivity index (χ2n) is 7.24. The van der Waals surface area contributed by atoms with Gasteiger partial charge in [0.15, 0.2) is 0 Å². The molecule has 148 valence electrons. The van der Waals surface area contributed by atoms with E-state index >= 15 is 0 Å². The van der Waals surface area contributed by atoms with Crippen LogP contribution in [0, 0.1) is 18.3 Å². The lowest BCUT2D eigenvalue weighted by Gasteiger charge is -2.33. The molecular weight excluding hydrogens is 400 g/mol. The van der Waals surface area contributed by atoms with Crippen LogP contribution in [-0.4, -0.2) is 38.0 Å². The third-order valence-corrected chi connectivity index (χ3v) is 6.65. The maximum Gasteiger partial charge on any atom is 0.329 e. The van der Waals surface area contributed by atoms with E-state index in [0.29, 0.717) is 16.8 Å². The number of rotatable bonds is 2. The van der Waals surface area contributed by atoms with Crippen LogP contribution in [-0.2, 0) is 11.8 Å². The number of hydrogen-bond acceptors (Lipinski definition) is 6. The van der Waals surface area contributed by atoms with E-state index in [0.717, 1.165) is 26.3 Å². The summed E-state index contributed by atoms with van der Waals surface area (Å²) >= 11 is 1.36. The molecule has 0 saturated carbocycles. The van der Waals surface area contributed by atoms with Crippen molar-refractivity contribution < 1.29 is 9.59 Å². The van der Waals surface area contributed by atoms with E-state index < -0.39 is 17.3 Å². The first kappa shape index (κ1) is 18.4. The van der Waals surface area contributed by atoms with Crippen LogP contribution < -0.4 is 10.2 Å². The highest BCUT2D eigenvalue weighted by atomic mass is 32.2. The summed E-state index contributed by atoms with van der Waals surface area (Å²) in [4.78, 5) is 32.4. The van der Waals surface area contributed by atoms with E-state index in [1.807, 2.05) is 31.2 Å². The van der Waals surface area contributed by atoms with E-state index in [1.165, 1.54) is 18.0 Å². The molecule has 0 spiro atoms. The molecule has 2 aliphatic heterocycles. The predicted octanol–water partition coefficient (Wildman–Crippen LogP) is 2.73. The third kappa shape index (κ3) is 2.69. The zero-order valence-electron chi connectivity index (χ0n) is 16.2. The Bertz CT molecular complexity index is 1300. The molecule has 0 radical (unpaired) electrons. The Morgan fingerprint density at radius 1 is 1.23 bits per heavy atom. The Labute approximate surface area is 176 Å². The summed E-state index contributed by atoms with van der Waals surface area (Å²) < 4.78 is 1.62. The molecule has 2 unspecified atom stereocenters. The minimum Gasteiger partial charge on any atom is -0.329 e.